The lowest BCUT2D eigenvalue weighted by molar-refractivity contribution is 0.0997. The summed E-state index contributed by atoms with van der Waals surface area (Å²) in [5.41, 5.74) is 1.09. The molecule has 0 unspecified atom stereocenters. The van der Waals surface area contributed by atoms with E-state index in [1.165, 1.54) is 39.9 Å². The number of hydrogen-bond acceptors (Lipinski definition) is 4. The van der Waals surface area contributed by atoms with Crippen molar-refractivity contribution in [1.82, 2.24) is 8.87 Å². The Morgan fingerprint density at radius 1 is 1.12 bits per heavy atom. The molecule has 0 spiro atoms. The van der Waals surface area contributed by atoms with Crippen molar-refractivity contribution < 1.29 is 13.2 Å². The van der Waals surface area contributed by atoms with Gasteiger partial charge in [-0.15, -0.1) is 0 Å². The van der Waals surface area contributed by atoms with Gasteiger partial charge in [-0.05, 0) is 49.7 Å². The van der Waals surface area contributed by atoms with Crippen LogP contribution in [0.25, 0.3) is 10.2 Å². The minimum absolute atomic E-state index is 0.166. The molecule has 0 saturated carbocycles. The summed E-state index contributed by atoms with van der Waals surface area (Å²) in [6, 6.07) is 9.37. The lowest BCUT2D eigenvalue weighted by Crippen LogP contribution is -2.31. The molecule has 0 fully saturated rings. The molecule has 0 atom stereocenters. The molecule has 0 aliphatic rings. The van der Waals surface area contributed by atoms with Crippen LogP contribution in [0.3, 0.4) is 0 Å². The highest BCUT2D eigenvalue weighted by atomic mass is 35.5. The molecule has 10 heteroatoms. The van der Waals surface area contributed by atoms with E-state index in [-0.39, 0.29) is 4.90 Å². The van der Waals surface area contributed by atoms with E-state index in [1.807, 2.05) is 25.3 Å². The van der Waals surface area contributed by atoms with Crippen molar-refractivity contribution in [2.75, 3.05) is 13.1 Å². The number of benzene rings is 2. The SMILES string of the molecule is CCCCN(CC)S(=O)(=O)c1ccc(C(=O)N=c2sc3cc(Cl)cc(Cl)c3n2CC)cc1. The minimum atomic E-state index is -3.60. The van der Waals surface area contributed by atoms with Gasteiger partial charge in [0, 0.05) is 30.2 Å². The standard InChI is InChI=1S/C22H25Cl2N3O3S2/c1-4-7-12-26(5-2)32(29,30)17-10-8-15(9-11-17)21(28)25-22-27(6-3)20-18(24)13-16(23)14-19(20)31-22/h8-11,13-14H,4-7,12H2,1-3H3. The van der Waals surface area contributed by atoms with Crippen molar-refractivity contribution in [3.05, 3.63) is 56.8 Å². The van der Waals surface area contributed by atoms with E-state index >= 15 is 0 Å². The zero-order valence-corrected chi connectivity index (χ0v) is 21.3. The molecule has 3 aromatic rings. The van der Waals surface area contributed by atoms with E-state index in [0.29, 0.717) is 40.0 Å². The maximum atomic E-state index is 12.9. The summed E-state index contributed by atoms with van der Waals surface area (Å²) in [6.07, 6.45) is 1.71. The summed E-state index contributed by atoms with van der Waals surface area (Å²) in [4.78, 5) is 17.8. The first kappa shape index (κ1) is 24.9. The molecule has 0 N–H and O–H groups in total. The number of thiazole rings is 1. The van der Waals surface area contributed by atoms with Crippen molar-refractivity contribution in [3.8, 4) is 0 Å². The number of rotatable bonds is 8. The van der Waals surface area contributed by atoms with E-state index in [4.69, 9.17) is 23.2 Å². The Hall–Kier alpha value is -1.71. The van der Waals surface area contributed by atoms with Crippen LogP contribution in [0.1, 0.15) is 44.0 Å². The number of aryl methyl sites for hydroxylation is 1. The molecule has 6 nitrogen and oxygen atoms in total. The fourth-order valence-corrected chi connectivity index (χ4v) is 6.72. The molecular weight excluding hydrogens is 489 g/mol. The second-order valence-corrected chi connectivity index (χ2v) is 10.9. The maximum Gasteiger partial charge on any atom is 0.279 e. The van der Waals surface area contributed by atoms with E-state index in [2.05, 4.69) is 4.99 Å². The highest BCUT2D eigenvalue weighted by molar-refractivity contribution is 7.89. The third kappa shape index (κ3) is 5.10. The maximum absolute atomic E-state index is 12.9. The molecule has 1 heterocycles. The van der Waals surface area contributed by atoms with Crippen LogP contribution in [0.2, 0.25) is 10.0 Å². The van der Waals surface area contributed by atoms with Gasteiger partial charge in [0.1, 0.15) is 0 Å². The number of nitrogens with zero attached hydrogens (tertiary/aromatic N) is 3. The van der Waals surface area contributed by atoms with E-state index in [9.17, 15) is 13.2 Å². The molecule has 2 aromatic carbocycles. The molecule has 0 saturated heterocycles. The first-order valence-electron chi connectivity index (χ1n) is 10.4. The quantitative estimate of drug-likeness (QED) is 0.394. The van der Waals surface area contributed by atoms with Gasteiger partial charge in [0.25, 0.3) is 5.91 Å². The fourth-order valence-electron chi connectivity index (χ4n) is 3.36. The number of amides is 1. The lowest BCUT2D eigenvalue weighted by atomic mass is 10.2. The van der Waals surface area contributed by atoms with E-state index in [0.717, 1.165) is 23.1 Å². The summed E-state index contributed by atoms with van der Waals surface area (Å²) in [5, 5.41) is 1.01. The Morgan fingerprint density at radius 2 is 1.81 bits per heavy atom. The Balaban J connectivity index is 1.95. The average Bonchev–Trinajstić information content (AvgIpc) is 3.11. The summed E-state index contributed by atoms with van der Waals surface area (Å²) in [7, 11) is -3.60. The second-order valence-electron chi connectivity index (χ2n) is 7.15. The highest BCUT2D eigenvalue weighted by Gasteiger charge is 2.22. The van der Waals surface area contributed by atoms with Gasteiger partial charge in [-0.1, -0.05) is 54.8 Å². The van der Waals surface area contributed by atoms with Crippen LogP contribution in [0, 0.1) is 0 Å². The van der Waals surface area contributed by atoms with Crippen LogP contribution in [0.15, 0.2) is 46.3 Å². The third-order valence-electron chi connectivity index (χ3n) is 5.06. The number of hydrogen-bond donors (Lipinski definition) is 0. The predicted octanol–water partition coefficient (Wildman–Crippen LogP) is 5.58. The van der Waals surface area contributed by atoms with Crippen LogP contribution in [-0.2, 0) is 16.6 Å². The Kier molecular flexibility index (Phi) is 8.16. The normalized spacial score (nSPS) is 12.8. The van der Waals surface area contributed by atoms with Gasteiger partial charge in [0.15, 0.2) is 4.80 Å². The number of carbonyl (C=O) groups excluding carboxylic acids is 1. The van der Waals surface area contributed by atoms with Gasteiger partial charge in [-0.2, -0.15) is 9.30 Å². The number of fused-ring (bicyclic) bond motifs is 1. The van der Waals surface area contributed by atoms with E-state index < -0.39 is 15.9 Å². The molecule has 1 amide bonds. The van der Waals surface area contributed by atoms with Crippen molar-refractivity contribution >= 4 is 60.7 Å². The van der Waals surface area contributed by atoms with Crippen LogP contribution < -0.4 is 4.80 Å². The zero-order chi connectivity index (χ0) is 23.5. The molecule has 0 radical (unpaired) electrons. The second kappa shape index (κ2) is 10.5. The zero-order valence-electron chi connectivity index (χ0n) is 18.1. The minimum Gasteiger partial charge on any atom is -0.315 e. The average molecular weight is 515 g/mol. The molecule has 32 heavy (non-hydrogen) atoms. The largest absolute Gasteiger partial charge is 0.315 e. The Labute approximate surface area is 202 Å². The number of halogens is 2. The molecular formula is C22H25Cl2N3O3S2. The van der Waals surface area contributed by atoms with Crippen molar-refractivity contribution in [2.45, 2.75) is 45.1 Å². The lowest BCUT2D eigenvalue weighted by Gasteiger charge is -2.20. The monoisotopic (exact) mass is 513 g/mol. The van der Waals surface area contributed by atoms with Gasteiger partial charge in [-0.25, -0.2) is 8.42 Å². The van der Waals surface area contributed by atoms with E-state index in [1.54, 1.807) is 12.1 Å². The highest BCUT2D eigenvalue weighted by Crippen LogP contribution is 2.29. The van der Waals surface area contributed by atoms with Crippen LogP contribution in [0.4, 0.5) is 0 Å². The fraction of sp³-hybridized carbons (Fsp3) is 0.364. The summed E-state index contributed by atoms with van der Waals surface area (Å²) < 4.78 is 29.9. The first-order valence-corrected chi connectivity index (χ1v) is 13.4. The first-order chi connectivity index (χ1) is 15.2. The van der Waals surface area contributed by atoms with Crippen molar-refractivity contribution in [1.29, 1.82) is 0 Å². The smallest absolute Gasteiger partial charge is 0.279 e. The molecule has 172 valence electrons. The third-order valence-corrected chi connectivity index (χ3v) is 8.58. The molecule has 0 aliphatic carbocycles. The van der Waals surface area contributed by atoms with Gasteiger partial charge in [0.05, 0.1) is 20.1 Å². The Morgan fingerprint density at radius 3 is 2.41 bits per heavy atom. The van der Waals surface area contributed by atoms with Gasteiger partial charge in [-0.3, -0.25) is 4.79 Å². The predicted molar refractivity (Wildman–Crippen MR) is 131 cm³/mol. The van der Waals surface area contributed by atoms with Crippen molar-refractivity contribution in [3.63, 3.8) is 0 Å². The van der Waals surface area contributed by atoms with Gasteiger partial charge < -0.3 is 4.57 Å². The van der Waals surface area contributed by atoms with Gasteiger partial charge in [0.2, 0.25) is 10.0 Å². The number of unbranched alkanes of at least 4 members (excludes halogenated alkanes) is 1. The van der Waals surface area contributed by atoms with Crippen LogP contribution in [0.5, 0.6) is 0 Å². The Bertz CT molecular complexity index is 1300. The number of sulfonamides is 1. The molecule has 0 aliphatic heterocycles. The van der Waals surface area contributed by atoms with Crippen LogP contribution >= 0.6 is 34.5 Å². The number of carbonyl (C=O) groups is 1. The summed E-state index contributed by atoms with van der Waals surface area (Å²) in [5.74, 6) is -0.455. The summed E-state index contributed by atoms with van der Waals surface area (Å²) in [6.45, 7) is 7.23. The number of aromatic nitrogens is 1. The molecule has 0 bridgehead atoms. The molecule has 3 rings (SSSR count). The molecule has 1 aromatic heterocycles. The van der Waals surface area contributed by atoms with Gasteiger partial charge >= 0.3 is 0 Å². The van der Waals surface area contributed by atoms with Crippen LogP contribution in [-0.4, -0.2) is 36.3 Å². The van der Waals surface area contributed by atoms with Crippen molar-refractivity contribution in [2.24, 2.45) is 4.99 Å². The summed E-state index contributed by atoms with van der Waals surface area (Å²) >= 11 is 13.8. The topological polar surface area (TPSA) is 71.7 Å².